The number of carbonyl (C=O) groups excluding carboxylic acids is 1. The summed E-state index contributed by atoms with van der Waals surface area (Å²) in [5, 5.41) is 23.6. The molecule has 0 aliphatic carbocycles. The summed E-state index contributed by atoms with van der Waals surface area (Å²) in [6.45, 7) is 9.87. The van der Waals surface area contributed by atoms with Gasteiger partial charge in [-0.25, -0.2) is 0 Å². The van der Waals surface area contributed by atoms with E-state index in [9.17, 15) is 10.1 Å². The molecule has 1 N–H and O–H groups in total. The fourth-order valence-electron chi connectivity index (χ4n) is 3.75. The SMILES string of the molecule is CC(=O)/C=C(/C)O.C[Si](C)(C)c1cnc(-c2[c-]c3ccccc3c(C#N)c2)c2ccccc12.[Ir]. The molecule has 4 aromatic rings. The van der Waals surface area contributed by atoms with Gasteiger partial charge >= 0.3 is 0 Å². The summed E-state index contributed by atoms with van der Waals surface area (Å²) in [5.74, 6) is -0.0625. The van der Waals surface area contributed by atoms with Gasteiger partial charge in [0.15, 0.2) is 5.78 Å². The fraction of sp³-hybridized carbons (Fsp3) is 0.179. The maximum Gasteiger partial charge on any atom is 0.155 e. The van der Waals surface area contributed by atoms with Gasteiger partial charge in [0.2, 0.25) is 0 Å². The fourth-order valence-corrected chi connectivity index (χ4v) is 5.23. The van der Waals surface area contributed by atoms with E-state index < -0.39 is 8.07 Å². The van der Waals surface area contributed by atoms with E-state index >= 15 is 0 Å². The summed E-state index contributed by atoms with van der Waals surface area (Å²) >= 11 is 0. The van der Waals surface area contributed by atoms with Crippen LogP contribution < -0.4 is 5.19 Å². The normalized spacial score (nSPS) is 11.2. The Morgan fingerprint density at radius 1 is 1.03 bits per heavy atom. The Hall–Kier alpha value is -3.10. The molecule has 0 atom stereocenters. The zero-order valence-electron chi connectivity index (χ0n) is 19.9. The molecule has 1 aromatic heterocycles. The standard InChI is InChI=1S/C23H19N2Si.C5H8O2.Ir/c1-26(2,3)22-15-25-23(21-11-7-6-10-20(21)22)17-12-16-8-4-5-9-19(16)18(13-17)14-24;1-4(6)3-5(2)7;/h4-11,13,15H,1-3H3;3,6H,1-2H3;/q-1;;/b;4-3-;. The molecule has 0 bridgehead atoms. The van der Waals surface area contributed by atoms with Crippen molar-refractivity contribution in [2.75, 3.05) is 0 Å². The van der Waals surface area contributed by atoms with Gasteiger partial charge in [0.05, 0.1) is 19.9 Å². The first kappa shape index (κ1) is 27.1. The average molecular weight is 644 g/mol. The molecule has 0 saturated heterocycles. The second kappa shape index (κ2) is 11.4. The molecule has 1 radical (unpaired) electrons. The van der Waals surface area contributed by atoms with Crippen LogP contribution in [0.3, 0.4) is 0 Å². The molecule has 3 aromatic carbocycles. The Labute approximate surface area is 215 Å². The van der Waals surface area contributed by atoms with Gasteiger partial charge in [0.25, 0.3) is 0 Å². The third kappa shape index (κ3) is 6.27. The molecule has 175 valence electrons. The Morgan fingerprint density at radius 3 is 2.15 bits per heavy atom. The van der Waals surface area contributed by atoms with Crippen molar-refractivity contribution in [1.82, 2.24) is 4.98 Å². The van der Waals surface area contributed by atoms with Crippen LogP contribution in [0.2, 0.25) is 19.6 Å². The number of benzene rings is 3. The Kier molecular flexibility index (Phi) is 9.06. The monoisotopic (exact) mass is 644 g/mol. The third-order valence-corrected chi connectivity index (χ3v) is 7.18. The van der Waals surface area contributed by atoms with Crippen molar-refractivity contribution in [3.63, 3.8) is 0 Å². The van der Waals surface area contributed by atoms with Gasteiger partial charge in [0.1, 0.15) is 0 Å². The number of carbonyl (C=O) groups is 1. The Morgan fingerprint density at radius 2 is 1.62 bits per heavy atom. The molecule has 4 rings (SSSR count). The Balaban J connectivity index is 0.000000449. The van der Waals surface area contributed by atoms with E-state index in [1.165, 1.54) is 30.5 Å². The van der Waals surface area contributed by atoms with Gasteiger partial charge in [-0.3, -0.25) is 9.78 Å². The minimum absolute atomic E-state index is 0. The van der Waals surface area contributed by atoms with Gasteiger partial charge in [-0.2, -0.15) is 5.26 Å². The molecule has 0 saturated carbocycles. The molecule has 0 aliphatic rings. The van der Waals surface area contributed by atoms with Gasteiger partial charge < -0.3 is 5.11 Å². The molecular formula is C28H27IrN2O2Si-. The van der Waals surface area contributed by atoms with E-state index in [0.717, 1.165) is 27.4 Å². The zero-order valence-corrected chi connectivity index (χ0v) is 23.3. The predicted molar refractivity (Wildman–Crippen MR) is 138 cm³/mol. The van der Waals surface area contributed by atoms with Crippen LogP contribution in [-0.4, -0.2) is 23.9 Å². The van der Waals surface area contributed by atoms with Gasteiger partial charge in [-0.05, 0) is 35.4 Å². The van der Waals surface area contributed by atoms with Crippen molar-refractivity contribution in [2.45, 2.75) is 33.5 Å². The number of aliphatic hydroxyl groups excluding tert-OH is 1. The Bertz CT molecular complexity index is 1410. The van der Waals surface area contributed by atoms with Gasteiger partial charge in [-0.15, -0.1) is 23.6 Å². The van der Waals surface area contributed by atoms with E-state index in [1.54, 1.807) is 0 Å². The van der Waals surface area contributed by atoms with Gasteiger partial charge in [0, 0.05) is 38.1 Å². The summed E-state index contributed by atoms with van der Waals surface area (Å²) in [6, 6.07) is 24.0. The van der Waals surface area contributed by atoms with Gasteiger partial charge in [-0.1, -0.05) is 73.1 Å². The van der Waals surface area contributed by atoms with Crippen molar-refractivity contribution in [3.8, 4) is 17.3 Å². The van der Waals surface area contributed by atoms with Crippen molar-refractivity contribution < 1.29 is 30.0 Å². The third-order valence-electron chi connectivity index (χ3n) is 5.17. The van der Waals surface area contributed by atoms with Crippen molar-refractivity contribution in [2.24, 2.45) is 0 Å². The first-order chi connectivity index (χ1) is 15.6. The average Bonchev–Trinajstić information content (AvgIpc) is 2.76. The molecule has 0 amide bonds. The van der Waals surface area contributed by atoms with Crippen molar-refractivity contribution in [3.05, 3.63) is 84.3 Å². The van der Waals surface area contributed by atoms with Crippen LogP contribution in [0, 0.1) is 17.4 Å². The molecular weight excluding hydrogens is 617 g/mol. The minimum atomic E-state index is -1.51. The molecule has 1 heterocycles. The second-order valence-electron chi connectivity index (χ2n) is 8.97. The smallest absolute Gasteiger partial charge is 0.155 e. The number of ketones is 1. The van der Waals surface area contributed by atoms with Crippen LogP contribution in [0.4, 0.5) is 0 Å². The largest absolute Gasteiger partial charge is 0.512 e. The topological polar surface area (TPSA) is 74.0 Å². The van der Waals surface area contributed by atoms with E-state index in [4.69, 9.17) is 10.1 Å². The number of allylic oxidation sites excluding steroid dienone is 2. The summed E-state index contributed by atoms with van der Waals surface area (Å²) in [5.41, 5.74) is 2.43. The first-order valence-corrected chi connectivity index (χ1v) is 14.2. The van der Waals surface area contributed by atoms with Crippen LogP contribution >= 0.6 is 0 Å². The van der Waals surface area contributed by atoms with E-state index in [0.29, 0.717) is 5.56 Å². The quantitative estimate of drug-likeness (QED) is 0.123. The molecule has 0 unspecified atom stereocenters. The number of hydrogen-bond acceptors (Lipinski definition) is 4. The number of rotatable bonds is 3. The number of pyridine rings is 1. The zero-order chi connectivity index (χ0) is 24.2. The van der Waals surface area contributed by atoms with E-state index in [1.807, 2.05) is 42.6 Å². The van der Waals surface area contributed by atoms with Crippen LogP contribution in [-0.2, 0) is 24.9 Å². The summed E-state index contributed by atoms with van der Waals surface area (Å²) in [6.07, 6.45) is 3.19. The number of nitriles is 1. The first-order valence-electron chi connectivity index (χ1n) is 10.7. The van der Waals surface area contributed by atoms with Crippen LogP contribution in [0.5, 0.6) is 0 Å². The molecule has 4 nitrogen and oxygen atoms in total. The van der Waals surface area contributed by atoms with Crippen molar-refractivity contribution in [1.29, 1.82) is 5.26 Å². The van der Waals surface area contributed by atoms with E-state index in [-0.39, 0.29) is 31.6 Å². The number of fused-ring (bicyclic) bond motifs is 2. The molecule has 0 fully saturated rings. The molecule has 0 aliphatic heterocycles. The maximum atomic E-state index is 10.0. The van der Waals surface area contributed by atoms with Crippen LogP contribution in [0.1, 0.15) is 19.4 Å². The summed E-state index contributed by atoms with van der Waals surface area (Å²) in [7, 11) is -1.51. The number of aliphatic hydroxyl groups is 1. The van der Waals surface area contributed by atoms with E-state index in [2.05, 4.69) is 50.0 Å². The summed E-state index contributed by atoms with van der Waals surface area (Å²) in [4.78, 5) is 14.8. The number of hydrogen-bond donors (Lipinski definition) is 1. The minimum Gasteiger partial charge on any atom is -0.512 e. The van der Waals surface area contributed by atoms with Crippen LogP contribution in [0.25, 0.3) is 32.8 Å². The molecule has 34 heavy (non-hydrogen) atoms. The number of nitrogens with zero attached hydrogens (tertiary/aromatic N) is 2. The molecule has 0 spiro atoms. The van der Waals surface area contributed by atoms with Crippen molar-refractivity contribution >= 4 is 40.6 Å². The van der Waals surface area contributed by atoms with Crippen LogP contribution in [0.15, 0.2) is 72.6 Å². The molecule has 6 heteroatoms. The maximum absolute atomic E-state index is 10.0. The second-order valence-corrected chi connectivity index (χ2v) is 14.0. The number of aromatic nitrogens is 1. The predicted octanol–water partition coefficient (Wildman–Crippen LogP) is 6.31. The summed E-state index contributed by atoms with van der Waals surface area (Å²) < 4.78 is 0.